The van der Waals surface area contributed by atoms with Gasteiger partial charge in [-0.3, -0.25) is 0 Å². The number of aliphatic hydroxyl groups excluding tert-OH is 1. The van der Waals surface area contributed by atoms with E-state index in [2.05, 4.69) is 16.8 Å². The number of hydrogen-bond donors (Lipinski definition) is 1. The van der Waals surface area contributed by atoms with Crippen molar-refractivity contribution in [2.45, 2.75) is 13.0 Å². The van der Waals surface area contributed by atoms with Gasteiger partial charge in [0, 0.05) is 24.5 Å². The Labute approximate surface area is 112 Å². The summed E-state index contributed by atoms with van der Waals surface area (Å²) in [5, 5.41) is 8.65. The van der Waals surface area contributed by atoms with Crippen LogP contribution >= 0.6 is 0 Å². The molecule has 98 valence electrons. The number of benzene rings is 1. The van der Waals surface area contributed by atoms with Crippen molar-refractivity contribution in [2.24, 2.45) is 0 Å². The Kier molecular flexibility index (Phi) is 5.03. The smallest absolute Gasteiger partial charge is 0.120 e. The fourth-order valence-electron chi connectivity index (χ4n) is 1.66. The zero-order valence-electron chi connectivity index (χ0n) is 10.6. The third-order valence-electron chi connectivity index (χ3n) is 2.53. The molecule has 0 radical (unpaired) electrons. The number of aryl methyl sites for hydroxylation is 1. The molecule has 0 spiro atoms. The molecule has 0 saturated heterocycles. The Bertz CT molecular complexity index is 553. The molecule has 1 aromatic heterocycles. The van der Waals surface area contributed by atoms with Crippen LogP contribution < -0.4 is 4.74 Å². The van der Waals surface area contributed by atoms with Gasteiger partial charge in [0.2, 0.25) is 0 Å². The Morgan fingerprint density at radius 2 is 2.32 bits per heavy atom. The van der Waals surface area contributed by atoms with Crippen LogP contribution in [0.4, 0.5) is 0 Å². The van der Waals surface area contributed by atoms with Crippen molar-refractivity contribution in [1.29, 1.82) is 0 Å². The highest BCUT2D eigenvalue weighted by atomic mass is 16.5. The van der Waals surface area contributed by atoms with Crippen LogP contribution in [-0.2, 0) is 6.54 Å². The number of ether oxygens (including phenoxy) is 1. The summed E-state index contributed by atoms with van der Waals surface area (Å²) in [6.45, 7) is 1.41. The Morgan fingerprint density at radius 3 is 3.11 bits per heavy atom. The quantitative estimate of drug-likeness (QED) is 0.654. The lowest BCUT2D eigenvalue weighted by atomic mass is 10.2. The van der Waals surface area contributed by atoms with E-state index in [-0.39, 0.29) is 6.61 Å². The van der Waals surface area contributed by atoms with E-state index in [1.165, 1.54) is 0 Å². The van der Waals surface area contributed by atoms with Crippen molar-refractivity contribution >= 4 is 0 Å². The lowest BCUT2D eigenvalue weighted by molar-refractivity contribution is 0.301. The van der Waals surface area contributed by atoms with Gasteiger partial charge in [0.15, 0.2) is 0 Å². The number of rotatable bonds is 5. The average molecular weight is 256 g/mol. The van der Waals surface area contributed by atoms with E-state index in [4.69, 9.17) is 9.84 Å². The van der Waals surface area contributed by atoms with Gasteiger partial charge in [-0.1, -0.05) is 17.9 Å². The highest BCUT2D eigenvalue weighted by molar-refractivity contribution is 5.39. The SMILES string of the molecule is OCC#Cc1cccc(OCCCn2ccnc2)c1. The number of nitrogens with zero attached hydrogens (tertiary/aromatic N) is 2. The van der Waals surface area contributed by atoms with Crippen LogP contribution in [0.25, 0.3) is 0 Å². The fourth-order valence-corrected chi connectivity index (χ4v) is 1.66. The van der Waals surface area contributed by atoms with E-state index in [1.807, 2.05) is 35.0 Å². The summed E-state index contributed by atoms with van der Waals surface area (Å²) in [5.41, 5.74) is 0.848. The molecule has 1 aromatic carbocycles. The molecule has 0 unspecified atom stereocenters. The van der Waals surface area contributed by atoms with Crippen molar-refractivity contribution in [3.05, 3.63) is 48.5 Å². The van der Waals surface area contributed by atoms with E-state index >= 15 is 0 Å². The largest absolute Gasteiger partial charge is 0.493 e. The average Bonchev–Trinajstić information content (AvgIpc) is 2.95. The number of aliphatic hydroxyl groups is 1. The normalized spacial score (nSPS) is 9.74. The summed E-state index contributed by atoms with van der Waals surface area (Å²) < 4.78 is 7.68. The van der Waals surface area contributed by atoms with Gasteiger partial charge in [0.1, 0.15) is 12.4 Å². The molecule has 0 fully saturated rings. The molecule has 2 rings (SSSR count). The Hall–Kier alpha value is -2.25. The van der Waals surface area contributed by atoms with Crippen LogP contribution in [0.3, 0.4) is 0 Å². The molecule has 0 aliphatic rings. The summed E-state index contributed by atoms with van der Waals surface area (Å²) in [7, 11) is 0. The second kappa shape index (κ2) is 7.24. The van der Waals surface area contributed by atoms with Gasteiger partial charge >= 0.3 is 0 Å². The van der Waals surface area contributed by atoms with Crippen molar-refractivity contribution < 1.29 is 9.84 Å². The monoisotopic (exact) mass is 256 g/mol. The zero-order chi connectivity index (χ0) is 13.3. The van der Waals surface area contributed by atoms with Gasteiger partial charge in [-0.2, -0.15) is 0 Å². The second-order valence-corrected chi connectivity index (χ2v) is 3.99. The zero-order valence-corrected chi connectivity index (χ0v) is 10.6. The molecular formula is C15H16N2O2. The van der Waals surface area contributed by atoms with Gasteiger partial charge in [-0.25, -0.2) is 4.98 Å². The Morgan fingerprint density at radius 1 is 1.37 bits per heavy atom. The summed E-state index contributed by atoms with van der Waals surface area (Å²) in [6.07, 6.45) is 6.42. The van der Waals surface area contributed by atoms with Crippen molar-refractivity contribution in [2.75, 3.05) is 13.2 Å². The Balaban J connectivity index is 1.79. The van der Waals surface area contributed by atoms with Gasteiger partial charge in [0.05, 0.1) is 12.9 Å². The van der Waals surface area contributed by atoms with E-state index < -0.39 is 0 Å². The summed E-state index contributed by atoms with van der Waals surface area (Å²) in [6, 6.07) is 7.56. The minimum atomic E-state index is -0.129. The van der Waals surface area contributed by atoms with Crippen LogP contribution in [-0.4, -0.2) is 27.9 Å². The molecule has 0 aliphatic heterocycles. The van der Waals surface area contributed by atoms with Crippen LogP contribution in [0.15, 0.2) is 43.0 Å². The third kappa shape index (κ3) is 4.49. The minimum absolute atomic E-state index is 0.129. The summed E-state index contributed by atoms with van der Waals surface area (Å²) in [4.78, 5) is 3.99. The van der Waals surface area contributed by atoms with Gasteiger partial charge in [-0.05, 0) is 24.6 Å². The van der Waals surface area contributed by atoms with Crippen molar-refractivity contribution in [3.8, 4) is 17.6 Å². The summed E-state index contributed by atoms with van der Waals surface area (Å²) >= 11 is 0. The molecule has 1 N–H and O–H groups in total. The highest BCUT2D eigenvalue weighted by Gasteiger charge is 1.96. The predicted molar refractivity (Wildman–Crippen MR) is 72.7 cm³/mol. The lowest BCUT2D eigenvalue weighted by Crippen LogP contribution is -2.03. The number of hydrogen-bond acceptors (Lipinski definition) is 3. The van der Waals surface area contributed by atoms with Gasteiger partial charge < -0.3 is 14.4 Å². The first-order valence-electron chi connectivity index (χ1n) is 6.17. The molecule has 0 aliphatic carbocycles. The molecule has 2 aromatic rings. The first kappa shape index (κ1) is 13.2. The van der Waals surface area contributed by atoms with Crippen LogP contribution in [0.1, 0.15) is 12.0 Å². The van der Waals surface area contributed by atoms with E-state index in [0.717, 1.165) is 24.3 Å². The molecular weight excluding hydrogens is 240 g/mol. The maximum absolute atomic E-state index is 8.65. The van der Waals surface area contributed by atoms with E-state index in [1.54, 1.807) is 12.5 Å². The molecule has 19 heavy (non-hydrogen) atoms. The van der Waals surface area contributed by atoms with Gasteiger partial charge in [0.25, 0.3) is 0 Å². The fraction of sp³-hybridized carbons (Fsp3) is 0.267. The standard InChI is InChI=1S/C15H16N2O2/c18-10-2-5-14-4-1-6-15(12-14)19-11-3-8-17-9-7-16-13-17/h1,4,6-7,9,12-13,18H,3,8,10-11H2. The van der Waals surface area contributed by atoms with E-state index in [0.29, 0.717) is 6.61 Å². The molecule has 4 heteroatoms. The first-order chi connectivity index (χ1) is 9.38. The maximum atomic E-state index is 8.65. The molecule has 0 bridgehead atoms. The number of aromatic nitrogens is 2. The maximum Gasteiger partial charge on any atom is 0.120 e. The lowest BCUT2D eigenvalue weighted by Gasteiger charge is -2.06. The van der Waals surface area contributed by atoms with Crippen molar-refractivity contribution in [3.63, 3.8) is 0 Å². The molecule has 0 amide bonds. The third-order valence-corrected chi connectivity index (χ3v) is 2.53. The summed E-state index contributed by atoms with van der Waals surface area (Å²) in [5.74, 6) is 6.27. The minimum Gasteiger partial charge on any atom is -0.493 e. The highest BCUT2D eigenvalue weighted by Crippen LogP contribution is 2.12. The molecule has 1 heterocycles. The predicted octanol–water partition coefficient (Wildman–Crippen LogP) is 1.70. The van der Waals surface area contributed by atoms with Crippen LogP contribution in [0.5, 0.6) is 5.75 Å². The molecule has 0 atom stereocenters. The molecule has 4 nitrogen and oxygen atoms in total. The number of imidazole rings is 1. The second-order valence-electron chi connectivity index (χ2n) is 3.99. The van der Waals surface area contributed by atoms with Crippen LogP contribution in [0.2, 0.25) is 0 Å². The molecule has 0 saturated carbocycles. The van der Waals surface area contributed by atoms with Crippen molar-refractivity contribution in [1.82, 2.24) is 9.55 Å². The van der Waals surface area contributed by atoms with Crippen LogP contribution in [0, 0.1) is 11.8 Å². The van der Waals surface area contributed by atoms with Gasteiger partial charge in [-0.15, -0.1) is 0 Å². The van der Waals surface area contributed by atoms with E-state index in [9.17, 15) is 0 Å². The topological polar surface area (TPSA) is 47.3 Å². The first-order valence-corrected chi connectivity index (χ1v) is 6.17.